The van der Waals surface area contributed by atoms with Crippen LogP contribution in [-0.4, -0.2) is 18.4 Å². The third-order valence-corrected chi connectivity index (χ3v) is 5.92. The third kappa shape index (κ3) is 2.78. The molecule has 0 N–H and O–H groups in total. The van der Waals surface area contributed by atoms with Gasteiger partial charge in [-0.25, -0.2) is 0 Å². The minimum atomic E-state index is -1.06. The van der Waals surface area contributed by atoms with Crippen molar-refractivity contribution in [2.24, 2.45) is 17.3 Å². The summed E-state index contributed by atoms with van der Waals surface area (Å²) < 4.78 is 5.38. The molecule has 4 unspecified atom stereocenters. The Balaban J connectivity index is 2.71. The summed E-state index contributed by atoms with van der Waals surface area (Å²) in [6.07, 6.45) is 0.569. The van der Waals surface area contributed by atoms with E-state index in [0.717, 1.165) is 16.7 Å². The van der Waals surface area contributed by atoms with Crippen LogP contribution in [0.15, 0.2) is 12.1 Å². The van der Waals surface area contributed by atoms with Crippen LogP contribution < -0.4 is 0 Å². The molecule has 4 atom stereocenters. The van der Waals surface area contributed by atoms with Crippen LogP contribution in [0.3, 0.4) is 0 Å². The molecule has 0 saturated heterocycles. The highest BCUT2D eigenvalue weighted by molar-refractivity contribution is 6.04. The number of benzene rings is 1. The number of carbonyl (C=O) groups is 2. The first-order chi connectivity index (χ1) is 11.2. The lowest BCUT2D eigenvalue weighted by molar-refractivity contribution is -0.160. The molecule has 2 rings (SSSR count). The smallest absolute Gasteiger partial charge is 0.320 e. The van der Waals surface area contributed by atoms with E-state index in [4.69, 9.17) is 4.74 Å². The Kier molecular flexibility index (Phi) is 5.22. The molecular weight excluding hydrogens is 300 g/mol. The number of aryl methyl sites for hydroxylation is 3. The van der Waals surface area contributed by atoms with Crippen molar-refractivity contribution in [3.8, 4) is 0 Å². The zero-order valence-corrected chi connectivity index (χ0v) is 16.0. The lowest BCUT2D eigenvalue weighted by Crippen LogP contribution is -2.43. The summed E-state index contributed by atoms with van der Waals surface area (Å²) >= 11 is 0. The van der Waals surface area contributed by atoms with E-state index in [1.54, 1.807) is 13.8 Å². The number of Topliss-reactive ketones (excluding diaryl/α,β-unsaturated/α-hetero) is 1. The lowest BCUT2D eigenvalue weighted by Gasteiger charge is -2.34. The second kappa shape index (κ2) is 6.70. The van der Waals surface area contributed by atoms with E-state index in [1.165, 1.54) is 5.56 Å². The maximum Gasteiger partial charge on any atom is 0.320 e. The van der Waals surface area contributed by atoms with Gasteiger partial charge in [0.15, 0.2) is 0 Å². The molecule has 0 bridgehead atoms. The Labute approximate surface area is 145 Å². The van der Waals surface area contributed by atoms with Crippen molar-refractivity contribution >= 4 is 11.8 Å². The standard InChI is InChI=1S/C21H30O3/c1-8-24-20(23)21(17(7)22)11-15(5)16(6)19(21)18-13(3)9-12(2)10-14(18)4/h9-10,15-16,19H,8,11H2,1-7H3. The second-order valence-electron chi connectivity index (χ2n) is 7.58. The Hall–Kier alpha value is -1.64. The minimum absolute atomic E-state index is 0.0680. The average molecular weight is 330 g/mol. The van der Waals surface area contributed by atoms with Gasteiger partial charge < -0.3 is 4.74 Å². The van der Waals surface area contributed by atoms with Crippen LogP contribution in [0, 0.1) is 38.0 Å². The predicted octanol–water partition coefficient (Wildman–Crippen LogP) is 4.51. The van der Waals surface area contributed by atoms with Gasteiger partial charge in [-0.3, -0.25) is 9.59 Å². The maximum absolute atomic E-state index is 12.9. The Bertz CT molecular complexity index is 638. The molecule has 0 heterocycles. The van der Waals surface area contributed by atoms with Gasteiger partial charge in [-0.05, 0) is 69.6 Å². The van der Waals surface area contributed by atoms with Gasteiger partial charge in [-0.2, -0.15) is 0 Å². The van der Waals surface area contributed by atoms with E-state index in [-0.39, 0.29) is 23.6 Å². The van der Waals surface area contributed by atoms with Crippen LogP contribution >= 0.6 is 0 Å². The van der Waals surface area contributed by atoms with E-state index < -0.39 is 5.41 Å². The Morgan fingerprint density at radius 1 is 1.17 bits per heavy atom. The van der Waals surface area contributed by atoms with Crippen molar-refractivity contribution in [1.82, 2.24) is 0 Å². The summed E-state index contributed by atoms with van der Waals surface area (Å²) in [6, 6.07) is 4.29. The number of ketones is 1. The van der Waals surface area contributed by atoms with Crippen LogP contribution in [-0.2, 0) is 14.3 Å². The first kappa shape index (κ1) is 18.7. The van der Waals surface area contributed by atoms with Gasteiger partial charge in [-0.1, -0.05) is 31.5 Å². The molecule has 3 nitrogen and oxygen atoms in total. The fourth-order valence-corrected chi connectivity index (χ4v) is 4.77. The monoisotopic (exact) mass is 330 g/mol. The summed E-state index contributed by atoms with van der Waals surface area (Å²) in [4.78, 5) is 25.7. The van der Waals surface area contributed by atoms with Gasteiger partial charge in [0.05, 0.1) is 6.61 Å². The van der Waals surface area contributed by atoms with E-state index in [0.29, 0.717) is 18.9 Å². The molecule has 1 aliphatic rings. The van der Waals surface area contributed by atoms with Crippen LogP contribution in [0.4, 0.5) is 0 Å². The molecule has 3 heteroatoms. The molecule has 24 heavy (non-hydrogen) atoms. The summed E-state index contributed by atoms with van der Waals surface area (Å²) in [5, 5.41) is 0. The quantitative estimate of drug-likeness (QED) is 0.602. The van der Waals surface area contributed by atoms with Gasteiger partial charge in [0.2, 0.25) is 0 Å². The van der Waals surface area contributed by atoms with Gasteiger partial charge in [-0.15, -0.1) is 0 Å². The number of hydrogen-bond donors (Lipinski definition) is 0. The highest BCUT2D eigenvalue weighted by Gasteiger charge is 2.60. The normalized spacial score (nSPS) is 29.5. The summed E-state index contributed by atoms with van der Waals surface area (Å²) in [5.41, 5.74) is 3.62. The summed E-state index contributed by atoms with van der Waals surface area (Å²) in [7, 11) is 0. The van der Waals surface area contributed by atoms with Crippen molar-refractivity contribution in [1.29, 1.82) is 0 Å². The zero-order valence-electron chi connectivity index (χ0n) is 16.0. The summed E-state index contributed by atoms with van der Waals surface area (Å²) in [5.74, 6) is 0.00562. The van der Waals surface area contributed by atoms with Crippen molar-refractivity contribution in [2.45, 2.75) is 60.8 Å². The molecule has 0 aliphatic heterocycles. The molecule has 0 radical (unpaired) electrons. The highest BCUT2D eigenvalue weighted by Crippen LogP contribution is 2.57. The molecule has 1 fully saturated rings. The topological polar surface area (TPSA) is 43.4 Å². The number of carbonyl (C=O) groups excluding carboxylic acids is 2. The Morgan fingerprint density at radius 3 is 2.17 bits per heavy atom. The molecule has 132 valence electrons. The first-order valence-electron chi connectivity index (χ1n) is 8.92. The van der Waals surface area contributed by atoms with Crippen LogP contribution in [0.2, 0.25) is 0 Å². The molecule has 0 amide bonds. The van der Waals surface area contributed by atoms with Gasteiger partial charge in [0, 0.05) is 5.92 Å². The molecule has 0 spiro atoms. The number of esters is 1. The minimum Gasteiger partial charge on any atom is -0.465 e. The Morgan fingerprint density at radius 2 is 1.71 bits per heavy atom. The van der Waals surface area contributed by atoms with Crippen LogP contribution in [0.25, 0.3) is 0 Å². The van der Waals surface area contributed by atoms with Crippen molar-refractivity contribution < 1.29 is 14.3 Å². The molecule has 1 aromatic carbocycles. The van der Waals surface area contributed by atoms with Crippen molar-refractivity contribution in [2.75, 3.05) is 6.61 Å². The second-order valence-corrected chi connectivity index (χ2v) is 7.58. The number of hydrogen-bond acceptors (Lipinski definition) is 3. The lowest BCUT2D eigenvalue weighted by atomic mass is 9.67. The molecule has 1 saturated carbocycles. The number of ether oxygens (including phenoxy) is 1. The van der Waals surface area contributed by atoms with Crippen molar-refractivity contribution in [3.05, 3.63) is 34.4 Å². The predicted molar refractivity (Wildman–Crippen MR) is 96.1 cm³/mol. The largest absolute Gasteiger partial charge is 0.465 e. The SMILES string of the molecule is CCOC(=O)C1(C(C)=O)CC(C)C(C)C1c1c(C)cc(C)cc1C. The van der Waals surface area contributed by atoms with E-state index in [1.807, 2.05) is 0 Å². The zero-order chi connectivity index (χ0) is 18.2. The molecule has 1 aliphatic carbocycles. The third-order valence-electron chi connectivity index (χ3n) is 5.92. The fourth-order valence-electron chi connectivity index (χ4n) is 4.77. The molecular formula is C21H30O3. The van der Waals surface area contributed by atoms with E-state index >= 15 is 0 Å². The summed E-state index contributed by atoms with van der Waals surface area (Å²) in [6.45, 7) is 14.2. The average Bonchev–Trinajstić information content (AvgIpc) is 2.72. The van der Waals surface area contributed by atoms with Crippen LogP contribution in [0.1, 0.15) is 62.3 Å². The van der Waals surface area contributed by atoms with Gasteiger partial charge in [0.1, 0.15) is 11.2 Å². The van der Waals surface area contributed by atoms with Gasteiger partial charge >= 0.3 is 5.97 Å². The first-order valence-corrected chi connectivity index (χ1v) is 8.92. The fraction of sp³-hybridized carbons (Fsp3) is 0.619. The van der Waals surface area contributed by atoms with E-state index in [2.05, 4.69) is 46.8 Å². The number of rotatable bonds is 4. The van der Waals surface area contributed by atoms with E-state index in [9.17, 15) is 9.59 Å². The van der Waals surface area contributed by atoms with Gasteiger partial charge in [0.25, 0.3) is 0 Å². The molecule has 1 aromatic rings. The highest BCUT2D eigenvalue weighted by atomic mass is 16.5. The van der Waals surface area contributed by atoms with Crippen molar-refractivity contribution in [3.63, 3.8) is 0 Å². The molecule has 0 aromatic heterocycles. The maximum atomic E-state index is 12.9. The van der Waals surface area contributed by atoms with Crippen LogP contribution in [0.5, 0.6) is 0 Å².